The largest absolute Gasteiger partial charge is 3.00 e. The van der Waals surface area contributed by atoms with Crippen LogP contribution in [0, 0.1) is 30.3 Å². The van der Waals surface area contributed by atoms with Crippen molar-refractivity contribution in [3.8, 4) is 23.0 Å². The van der Waals surface area contributed by atoms with Crippen molar-refractivity contribution < 1.29 is 95.1 Å². The van der Waals surface area contributed by atoms with E-state index in [4.69, 9.17) is 0 Å². The van der Waals surface area contributed by atoms with Gasteiger partial charge in [0.15, 0.2) is 0 Å². The number of non-ortho nitro benzene ring substituents is 2. The number of benzene rings is 7. The van der Waals surface area contributed by atoms with Gasteiger partial charge in [0.05, 0.1) is 43.6 Å². The molecular formula is C36H19CrN7NaO13S. The molecule has 1 N–H and O–H groups in total. The van der Waals surface area contributed by atoms with Crippen molar-refractivity contribution in [1.82, 2.24) is 0 Å². The number of azo groups is 2. The molecule has 0 heterocycles. The molecule has 0 saturated heterocycles. The molecule has 0 saturated carbocycles. The van der Waals surface area contributed by atoms with Crippen LogP contribution in [0.2, 0.25) is 0 Å². The fraction of sp³-hybridized carbons (Fsp3) is 0. The van der Waals surface area contributed by atoms with E-state index in [0.29, 0.717) is 28.3 Å². The summed E-state index contributed by atoms with van der Waals surface area (Å²) in [6.45, 7) is 0. The smallest absolute Gasteiger partial charge is 0.871 e. The molecule has 0 fully saturated rings. The van der Waals surface area contributed by atoms with Gasteiger partial charge in [0, 0.05) is 45.5 Å². The van der Waals surface area contributed by atoms with Crippen LogP contribution in [0.1, 0.15) is 0 Å². The summed E-state index contributed by atoms with van der Waals surface area (Å²) in [5, 5.41) is 99.0. The monoisotopic (exact) mass is 864 g/mol. The molecule has 0 amide bonds. The van der Waals surface area contributed by atoms with Crippen molar-refractivity contribution in [3.05, 3.63) is 140 Å². The fourth-order valence-corrected chi connectivity index (χ4v) is 6.25. The number of nitro benzene ring substituents is 3. The molecule has 0 bridgehead atoms. The molecule has 0 atom stereocenters. The van der Waals surface area contributed by atoms with Crippen molar-refractivity contribution in [2.75, 3.05) is 0 Å². The Bertz CT molecular complexity index is 3010. The summed E-state index contributed by atoms with van der Waals surface area (Å²) < 4.78 is 32.9. The maximum atomic E-state index is 12.5. The molecule has 7 rings (SSSR count). The van der Waals surface area contributed by atoms with Crippen molar-refractivity contribution in [2.45, 2.75) is 4.90 Å². The average molecular weight is 865 g/mol. The van der Waals surface area contributed by atoms with Crippen molar-refractivity contribution >= 4 is 82.2 Å². The predicted octanol–water partition coefficient (Wildman–Crippen LogP) is 3.93. The number of nitrogens with zero attached hydrogens (tertiary/aromatic N) is 7. The van der Waals surface area contributed by atoms with E-state index in [-0.39, 0.29) is 74.8 Å². The van der Waals surface area contributed by atoms with Gasteiger partial charge >= 0.3 is 46.9 Å². The summed E-state index contributed by atoms with van der Waals surface area (Å²) >= 11 is 0. The quantitative estimate of drug-likeness (QED) is 0.0745. The van der Waals surface area contributed by atoms with Crippen LogP contribution in [-0.2, 0) is 27.5 Å². The normalized spacial score (nSPS) is 11.2. The minimum Gasteiger partial charge on any atom is -0.871 e. The molecule has 0 aliphatic rings. The van der Waals surface area contributed by atoms with Gasteiger partial charge in [-0.05, 0) is 22.9 Å². The van der Waals surface area contributed by atoms with Crippen LogP contribution in [-0.4, -0.2) is 27.7 Å². The Labute approximate surface area is 363 Å². The topological polar surface area (TPSA) is 325 Å². The Morgan fingerprint density at radius 3 is 1.49 bits per heavy atom. The second-order valence-electron chi connectivity index (χ2n) is 11.7. The number of fused-ring (bicyclic) bond motifs is 3. The van der Waals surface area contributed by atoms with Gasteiger partial charge in [0.2, 0.25) is 0 Å². The van der Waals surface area contributed by atoms with Gasteiger partial charge in [0.25, 0.3) is 27.2 Å². The molecule has 289 valence electrons. The average Bonchev–Trinajstić information content (AvgIpc) is 3.17. The van der Waals surface area contributed by atoms with E-state index >= 15 is 0 Å². The van der Waals surface area contributed by atoms with Crippen LogP contribution in [0.3, 0.4) is 0 Å². The molecule has 0 aromatic heterocycles. The first kappa shape index (κ1) is 45.1. The third kappa shape index (κ3) is 9.57. The molecule has 1 radical (unpaired) electrons. The molecular weight excluding hydrogens is 845 g/mol. The van der Waals surface area contributed by atoms with Crippen LogP contribution in [0.4, 0.5) is 39.8 Å². The number of hydrogen-bond acceptors (Lipinski definition) is 16. The van der Waals surface area contributed by atoms with Crippen LogP contribution >= 0.6 is 0 Å². The van der Waals surface area contributed by atoms with Crippen molar-refractivity contribution in [3.63, 3.8) is 0 Å². The fourth-order valence-electron chi connectivity index (χ4n) is 5.55. The number of nitro groups is 3. The second-order valence-corrected chi connectivity index (χ2v) is 13.1. The summed E-state index contributed by atoms with van der Waals surface area (Å²) in [6, 6.07) is 24.5. The maximum Gasteiger partial charge on any atom is 3.00 e. The molecule has 7 aromatic rings. The third-order valence-electron chi connectivity index (χ3n) is 8.18. The first-order valence-corrected chi connectivity index (χ1v) is 17.2. The maximum absolute atomic E-state index is 12.5. The Balaban J connectivity index is 0.000000256. The van der Waals surface area contributed by atoms with E-state index in [2.05, 4.69) is 20.5 Å². The SMILES string of the molecule is O=[N+]([O-])c1cc(N=Nc2c([O-])ccc3ccccc23)c([O-])c([N+](=O)[O-])c1.O=[N+]([O-])c1ccc2c(N=Nc3c([O-])ccc4ccccc34)c([O-])cc(S(=O)(=O)O)c2c1.[Cr+3].[Na+]. The Kier molecular flexibility index (Phi) is 14.0. The molecule has 7 aromatic carbocycles. The summed E-state index contributed by atoms with van der Waals surface area (Å²) in [6.07, 6.45) is 0. The first-order valence-electron chi connectivity index (χ1n) is 15.8. The zero-order valence-corrected chi connectivity index (χ0v) is 33.8. The molecule has 0 spiro atoms. The molecule has 0 aliphatic carbocycles. The number of hydrogen-bond donors (Lipinski definition) is 1. The van der Waals surface area contributed by atoms with Crippen LogP contribution in [0.5, 0.6) is 23.0 Å². The van der Waals surface area contributed by atoms with Gasteiger partial charge in [0.1, 0.15) is 4.90 Å². The molecule has 0 unspecified atom stereocenters. The first-order chi connectivity index (χ1) is 27.0. The van der Waals surface area contributed by atoms with Crippen LogP contribution in [0.15, 0.2) is 135 Å². The van der Waals surface area contributed by atoms with Crippen LogP contribution in [0.25, 0.3) is 32.3 Å². The Morgan fingerprint density at radius 2 is 1.00 bits per heavy atom. The molecule has 20 nitrogen and oxygen atoms in total. The Hall–Kier alpha value is -6.64. The number of rotatable bonds is 8. The van der Waals surface area contributed by atoms with Gasteiger partial charge in [-0.15, -0.1) is 0 Å². The molecule has 59 heavy (non-hydrogen) atoms. The summed E-state index contributed by atoms with van der Waals surface area (Å²) in [7, 11) is -4.86. The third-order valence-corrected chi connectivity index (χ3v) is 9.08. The van der Waals surface area contributed by atoms with Gasteiger partial charge in [-0.25, -0.2) is 0 Å². The Morgan fingerprint density at radius 1 is 0.508 bits per heavy atom. The van der Waals surface area contributed by atoms with E-state index < -0.39 is 75.5 Å². The predicted molar refractivity (Wildman–Crippen MR) is 194 cm³/mol. The van der Waals surface area contributed by atoms with Gasteiger partial charge in [-0.2, -0.15) is 28.9 Å². The van der Waals surface area contributed by atoms with E-state index in [0.717, 1.165) is 29.7 Å². The zero-order chi connectivity index (χ0) is 41.2. The zero-order valence-electron chi connectivity index (χ0n) is 29.7. The van der Waals surface area contributed by atoms with Crippen LogP contribution < -0.4 is 50.0 Å². The summed E-state index contributed by atoms with van der Waals surface area (Å²) in [4.78, 5) is 29.4. The summed E-state index contributed by atoms with van der Waals surface area (Å²) in [5.74, 6) is -2.94. The minimum absolute atomic E-state index is 0. The van der Waals surface area contributed by atoms with Crippen molar-refractivity contribution in [2.24, 2.45) is 20.5 Å². The van der Waals surface area contributed by atoms with Gasteiger partial charge < -0.3 is 20.4 Å². The second kappa shape index (κ2) is 18.3. The van der Waals surface area contributed by atoms with E-state index in [1.807, 2.05) is 0 Å². The molecule has 23 heteroatoms. The standard InChI is InChI=1S/C20H13N3O7S.C16H10N4O6.Cr.Na/c24-16-8-5-11-3-1-2-4-13(11)19(16)21-22-20-14-7-6-12(23(26)27)9-15(14)18(10-17(20)25)31(28,29)30;21-14-6-5-9-3-1-2-4-11(9)15(14)18-17-12-7-10(19(23)24)8-13(16(12)22)20(25)26;;/h1-10,24-25H,(H,28,29,30);1-8,21-22H;;/q;;+3;+1/p-4. The van der Waals surface area contributed by atoms with Gasteiger partial charge in [-0.3, -0.25) is 34.9 Å². The minimum atomic E-state index is -4.86. The van der Waals surface area contributed by atoms with E-state index in [1.54, 1.807) is 60.7 Å². The van der Waals surface area contributed by atoms with Gasteiger partial charge in [-0.1, -0.05) is 90.0 Å². The molecule has 0 aliphatic heterocycles. The van der Waals surface area contributed by atoms with E-state index in [1.165, 1.54) is 12.1 Å². The summed E-state index contributed by atoms with van der Waals surface area (Å²) in [5.41, 5.74) is -3.14. The van der Waals surface area contributed by atoms with E-state index in [9.17, 15) is 63.7 Å². The van der Waals surface area contributed by atoms with Crippen molar-refractivity contribution in [1.29, 1.82) is 0 Å².